The molecule has 11 heteroatoms. The number of fused-ring (bicyclic) bond motifs is 9. The minimum absolute atomic E-state index is 0.138. The summed E-state index contributed by atoms with van der Waals surface area (Å²) in [7, 11) is 0. The Kier molecular flexibility index (Phi) is 10.2. The summed E-state index contributed by atoms with van der Waals surface area (Å²) >= 11 is 6.32. The largest absolute Gasteiger partial charge is 0.489 e. The van der Waals surface area contributed by atoms with Crippen LogP contribution in [0.1, 0.15) is 61.0 Å². The van der Waals surface area contributed by atoms with Crippen molar-refractivity contribution < 1.29 is 28.6 Å². The van der Waals surface area contributed by atoms with E-state index < -0.39 is 11.1 Å². The van der Waals surface area contributed by atoms with E-state index in [1.165, 1.54) is 0 Å². The van der Waals surface area contributed by atoms with Crippen LogP contribution in [0, 0.1) is 11.3 Å². The number of hydrogen-bond acceptors (Lipinski definition) is 7. The van der Waals surface area contributed by atoms with Crippen LogP contribution in [-0.4, -0.2) is 67.3 Å². The van der Waals surface area contributed by atoms with E-state index in [1.54, 1.807) is 4.90 Å². The fourth-order valence-electron chi connectivity index (χ4n) is 4.44. The van der Waals surface area contributed by atoms with Crippen LogP contribution in [-0.2, 0) is 16.0 Å². The molecular weight excluding hydrogens is 572 g/mol. The zero-order valence-corrected chi connectivity index (χ0v) is 25.4. The summed E-state index contributed by atoms with van der Waals surface area (Å²) in [5, 5.41) is 14.3. The highest BCUT2D eigenvalue weighted by Crippen LogP contribution is 2.34. The molecule has 0 radical (unpaired) electrons. The Bertz CT molecular complexity index is 1400. The molecule has 2 bridgehead atoms. The Balaban J connectivity index is 0.000000458. The molecule has 1 saturated heterocycles. The molecule has 2 aromatic carbocycles. The van der Waals surface area contributed by atoms with Gasteiger partial charge in [-0.05, 0) is 87.6 Å². The first-order valence-corrected chi connectivity index (χ1v) is 14.6. The molecule has 0 spiro atoms. The molecule has 2 fully saturated rings. The van der Waals surface area contributed by atoms with Gasteiger partial charge < -0.3 is 29.7 Å². The molecule has 3 amide bonds. The van der Waals surface area contributed by atoms with Gasteiger partial charge in [0.05, 0.1) is 16.7 Å². The van der Waals surface area contributed by atoms with Gasteiger partial charge in [0.2, 0.25) is 6.41 Å². The zero-order valence-electron chi connectivity index (χ0n) is 24.7. The van der Waals surface area contributed by atoms with Gasteiger partial charge in [-0.3, -0.25) is 9.59 Å². The first-order valence-electron chi connectivity index (χ1n) is 14.2. The highest BCUT2D eigenvalue weighted by Gasteiger charge is 2.42. The number of nitrogens with zero attached hydrogens (tertiary/aromatic N) is 2. The summed E-state index contributed by atoms with van der Waals surface area (Å²) in [5.74, 6) is 1.07. The van der Waals surface area contributed by atoms with Crippen LogP contribution in [0.4, 0.5) is 4.79 Å². The van der Waals surface area contributed by atoms with E-state index in [-0.39, 0.29) is 17.9 Å². The molecule has 43 heavy (non-hydrogen) atoms. The summed E-state index contributed by atoms with van der Waals surface area (Å²) < 4.78 is 17.0. The Labute approximate surface area is 256 Å². The molecule has 1 saturated carbocycles. The number of ether oxygens (including phenoxy) is 3. The smallest absolute Gasteiger partial charge is 0.410 e. The molecule has 1 aliphatic carbocycles. The normalized spacial score (nSPS) is 18.5. The van der Waals surface area contributed by atoms with Crippen molar-refractivity contribution in [1.29, 1.82) is 5.26 Å². The molecule has 2 aromatic rings. The van der Waals surface area contributed by atoms with Crippen LogP contribution in [0.15, 0.2) is 48.6 Å². The lowest BCUT2D eigenvalue weighted by Gasteiger charge is -2.40. The van der Waals surface area contributed by atoms with Gasteiger partial charge in [0.15, 0.2) is 0 Å². The maximum atomic E-state index is 13.1. The lowest BCUT2D eigenvalue weighted by molar-refractivity contribution is -0.110. The van der Waals surface area contributed by atoms with Gasteiger partial charge in [-0.15, -0.1) is 0 Å². The van der Waals surface area contributed by atoms with Crippen LogP contribution in [0.2, 0.25) is 5.02 Å². The Morgan fingerprint density at radius 1 is 1.14 bits per heavy atom. The van der Waals surface area contributed by atoms with E-state index >= 15 is 0 Å². The summed E-state index contributed by atoms with van der Waals surface area (Å²) in [4.78, 5) is 36.8. The number of carbonyl (C=O) groups excluding carboxylic acids is 3. The van der Waals surface area contributed by atoms with E-state index in [2.05, 4.69) is 10.6 Å². The Hall–Kier alpha value is -4.23. The number of rotatable bonds is 3. The monoisotopic (exact) mass is 608 g/mol. The van der Waals surface area contributed by atoms with Gasteiger partial charge in [-0.1, -0.05) is 23.7 Å². The summed E-state index contributed by atoms with van der Waals surface area (Å²) in [6.07, 6.45) is 6.21. The first kappa shape index (κ1) is 31.7. The second-order valence-electron chi connectivity index (χ2n) is 11.7. The van der Waals surface area contributed by atoms with E-state index in [0.29, 0.717) is 67.8 Å². The van der Waals surface area contributed by atoms with E-state index in [1.807, 2.05) is 75.4 Å². The van der Waals surface area contributed by atoms with Crippen LogP contribution in [0.25, 0.3) is 0 Å². The van der Waals surface area contributed by atoms with Gasteiger partial charge in [0.25, 0.3) is 5.91 Å². The number of hydrogen-bond donors (Lipinski definition) is 2. The molecule has 10 nitrogen and oxygen atoms in total. The van der Waals surface area contributed by atoms with Gasteiger partial charge in [-0.25, -0.2) is 4.79 Å². The van der Waals surface area contributed by atoms with Crippen LogP contribution in [0.3, 0.4) is 0 Å². The number of carbonyl (C=O) groups is 3. The number of nitrogens with one attached hydrogen (secondary N) is 2. The van der Waals surface area contributed by atoms with Gasteiger partial charge in [-0.2, -0.15) is 5.26 Å². The SMILES string of the molecule is CC(C)(C)OC(=O)N1CC(c2ccc3c(c2)C(=O)NCCc2ccc(c(Cl)c2)OC/C=C/CO3)C1.N#CC1(NC=O)CC1. The highest BCUT2D eigenvalue weighted by atomic mass is 35.5. The second-order valence-corrected chi connectivity index (χ2v) is 12.1. The lowest BCUT2D eigenvalue weighted by Crippen LogP contribution is -2.50. The maximum absolute atomic E-state index is 13.1. The second kappa shape index (κ2) is 13.8. The maximum Gasteiger partial charge on any atom is 0.410 e. The van der Waals surface area contributed by atoms with Crippen LogP contribution < -0.4 is 20.1 Å². The van der Waals surface area contributed by atoms with E-state index in [0.717, 1.165) is 24.0 Å². The number of amides is 3. The highest BCUT2D eigenvalue weighted by molar-refractivity contribution is 6.32. The first-order chi connectivity index (χ1) is 20.5. The van der Waals surface area contributed by atoms with Crippen molar-refractivity contribution in [2.24, 2.45) is 0 Å². The predicted molar refractivity (Wildman–Crippen MR) is 161 cm³/mol. The molecule has 0 unspecified atom stereocenters. The molecular formula is C32H37ClN4O6. The summed E-state index contributed by atoms with van der Waals surface area (Å²) in [5.41, 5.74) is 1.47. The van der Waals surface area contributed by atoms with Crippen molar-refractivity contribution in [2.75, 3.05) is 32.8 Å². The molecule has 6 rings (SSSR count). The molecule has 3 aliphatic heterocycles. The molecule has 2 N–H and O–H groups in total. The number of nitriles is 1. The minimum atomic E-state index is -0.529. The van der Waals surface area contributed by atoms with Crippen molar-refractivity contribution in [1.82, 2.24) is 15.5 Å². The van der Waals surface area contributed by atoms with Crippen LogP contribution in [0.5, 0.6) is 11.5 Å². The zero-order chi connectivity index (χ0) is 31.0. The third-order valence-electron chi connectivity index (χ3n) is 7.08. The fourth-order valence-corrected chi connectivity index (χ4v) is 4.70. The summed E-state index contributed by atoms with van der Waals surface area (Å²) in [6, 6.07) is 13.3. The quantitative estimate of drug-likeness (QED) is 0.379. The Morgan fingerprint density at radius 2 is 1.81 bits per heavy atom. The van der Waals surface area contributed by atoms with E-state index in [9.17, 15) is 14.4 Å². The standard InChI is InChI=1S/C27H31ClN2O5.C5H6N2O/c1-27(2,3)35-26(32)30-16-20(17-30)19-7-9-23-21(15-19)25(31)29-11-10-18-6-8-24(22(28)14-18)34-13-5-4-12-33-23;6-3-5(1-2-5)7-4-8/h4-9,14-15,20H,10-13,16-17H2,1-3H3,(H,29,31);4H,1-2H2,(H,7,8)/b5-4+;. The third kappa shape index (κ3) is 8.88. The molecule has 0 aromatic heterocycles. The van der Waals surface area contributed by atoms with Gasteiger partial charge >= 0.3 is 6.09 Å². The molecule has 3 heterocycles. The average molecular weight is 609 g/mol. The number of halogens is 1. The number of likely N-dealkylation sites (tertiary alicyclic amines) is 1. The minimum Gasteiger partial charge on any atom is -0.489 e. The van der Waals surface area contributed by atoms with E-state index in [4.69, 9.17) is 31.1 Å². The van der Waals surface area contributed by atoms with Crippen molar-refractivity contribution in [2.45, 2.75) is 57.1 Å². The average Bonchev–Trinajstić information content (AvgIpc) is 3.70. The summed E-state index contributed by atoms with van der Waals surface area (Å²) in [6.45, 7) is 7.77. The predicted octanol–water partition coefficient (Wildman–Crippen LogP) is 4.76. The molecule has 4 aliphatic rings. The third-order valence-corrected chi connectivity index (χ3v) is 7.38. The Morgan fingerprint density at radius 3 is 2.40 bits per heavy atom. The molecule has 0 atom stereocenters. The van der Waals surface area contributed by atoms with Crippen LogP contribution >= 0.6 is 11.6 Å². The van der Waals surface area contributed by atoms with Gasteiger partial charge in [0, 0.05) is 25.6 Å². The molecule has 228 valence electrons. The van der Waals surface area contributed by atoms with Crippen molar-refractivity contribution in [3.63, 3.8) is 0 Å². The van der Waals surface area contributed by atoms with Gasteiger partial charge in [0.1, 0.15) is 35.9 Å². The number of benzene rings is 2. The topological polar surface area (TPSA) is 130 Å². The van der Waals surface area contributed by atoms with Crippen molar-refractivity contribution in [3.05, 3.63) is 70.3 Å². The van der Waals surface area contributed by atoms with Crippen molar-refractivity contribution >= 4 is 30.0 Å². The van der Waals surface area contributed by atoms with Crippen molar-refractivity contribution in [3.8, 4) is 17.6 Å². The lowest BCUT2D eigenvalue weighted by atomic mass is 9.90. The fraction of sp³-hybridized carbons (Fsp3) is 0.438.